The molecule has 0 bridgehead atoms. The summed E-state index contributed by atoms with van der Waals surface area (Å²) in [6.45, 7) is 5.58. The van der Waals surface area contributed by atoms with Crippen LogP contribution in [0.5, 0.6) is 5.75 Å². The highest BCUT2D eigenvalue weighted by Crippen LogP contribution is 2.38. The lowest BCUT2D eigenvalue weighted by molar-refractivity contribution is -0.137. The number of nitrogens with one attached hydrogen (secondary N) is 2. The fourth-order valence-corrected chi connectivity index (χ4v) is 5.67. The van der Waals surface area contributed by atoms with Gasteiger partial charge in [0, 0.05) is 28.4 Å². The number of carbonyl (C=O) groups excluding carboxylic acids is 1. The fraction of sp³-hybridized carbons (Fsp3) is 0.370. The molecule has 1 aliphatic heterocycles. The summed E-state index contributed by atoms with van der Waals surface area (Å²) >= 11 is 1.40. The number of methoxy groups -OCH3 is 1. The molecule has 5 rings (SSSR count). The Kier molecular flexibility index (Phi) is 7.15. The Balaban J connectivity index is 1.64. The molecule has 0 spiro atoms. The van der Waals surface area contributed by atoms with Crippen LogP contribution in [0.3, 0.4) is 0 Å². The number of hydrogen-bond acceptors (Lipinski definition) is 6. The Morgan fingerprint density at radius 3 is 2.74 bits per heavy atom. The molecule has 2 aromatic heterocycles. The maximum Gasteiger partial charge on any atom is 0.416 e. The first-order valence-corrected chi connectivity index (χ1v) is 13.2. The Hall–Kier alpha value is -3.44. The van der Waals surface area contributed by atoms with Gasteiger partial charge in [-0.05, 0) is 55.6 Å². The van der Waals surface area contributed by atoms with Crippen LogP contribution in [0.25, 0.3) is 27.3 Å². The lowest BCUT2D eigenvalue weighted by Crippen LogP contribution is -2.45. The minimum absolute atomic E-state index is 0.0547. The van der Waals surface area contributed by atoms with Gasteiger partial charge in [0.1, 0.15) is 5.75 Å². The van der Waals surface area contributed by atoms with Gasteiger partial charge in [-0.3, -0.25) is 4.79 Å². The van der Waals surface area contributed by atoms with Gasteiger partial charge in [0.2, 0.25) is 5.13 Å². The monoisotopic (exact) mass is 543 g/mol. The first-order valence-electron chi connectivity index (χ1n) is 12.4. The number of nitrogens with zero attached hydrogens (tertiary/aromatic N) is 3. The van der Waals surface area contributed by atoms with E-state index in [4.69, 9.17) is 9.72 Å². The number of fused-ring (bicyclic) bond motifs is 1. The molecule has 1 amide bonds. The van der Waals surface area contributed by atoms with E-state index in [0.717, 1.165) is 47.7 Å². The van der Waals surface area contributed by atoms with E-state index in [-0.39, 0.29) is 23.0 Å². The minimum Gasteiger partial charge on any atom is -0.497 e. The normalized spacial score (nSPS) is 16.2. The molecule has 7 nitrogen and oxygen atoms in total. The predicted molar refractivity (Wildman–Crippen MR) is 141 cm³/mol. The number of halogens is 3. The van der Waals surface area contributed by atoms with Crippen molar-refractivity contribution >= 4 is 28.1 Å². The molecule has 4 aromatic rings. The van der Waals surface area contributed by atoms with Crippen molar-refractivity contribution in [3.05, 3.63) is 58.6 Å². The predicted octanol–water partition coefficient (Wildman–Crippen LogP) is 5.78. The number of hydrogen-bond donors (Lipinski definition) is 2. The summed E-state index contributed by atoms with van der Waals surface area (Å²) in [5.41, 5.74) is 1.09. The number of benzene rings is 2. The average molecular weight is 544 g/mol. The molecule has 1 atom stereocenters. The molecule has 11 heteroatoms. The Morgan fingerprint density at radius 2 is 2.05 bits per heavy atom. The molecule has 1 aliphatic rings. The third-order valence-corrected chi connectivity index (χ3v) is 7.88. The van der Waals surface area contributed by atoms with Gasteiger partial charge < -0.3 is 15.4 Å². The smallest absolute Gasteiger partial charge is 0.416 e. The summed E-state index contributed by atoms with van der Waals surface area (Å²) in [7, 11) is 1.59. The first-order chi connectivity index (χ1) is 18.2. The number of rotatable bonds is 6. The number of ether oxygens (including phenoxy) is 1. The molecule has 1 saturated heterocycles. The molecule has 1 unspecified atom stereocenters. The molecular formula is C27H28F3N5O2S. The van der Waals surface area contributed by atoms with Gasteiger partial charge in [-0.25, -0.2) is 9.67 Å². The average Bonchev–Trinajstić information content (AvgIpc) is 3.51. The maximum atomic E-state index is 13.6. The van der Waals surface area contributed by atoms with E-state index in [1.54, 1.807) is 7.11 Å². The van der Waals surface area contributed by atoms with Gasteiger partial charge in [-0.1, -0.05) is 37.3 Å². The number of aromatic nitrogens is 3. The van der Waals surface area contributed by atoms with Crippen molar-refractivity contribution in [2.45, 2.75) is 44.8 Å². The molecule has 3 heterocycles. The molecule has 38 heavy (non-hydrogen) atoms. The SMILES string of the molecule is COc1cccc(-c2nc(-n3nc(C(=O)NC4CCCNC4)c4cc(C(F)(F)F)ccc43)sc2C(C)C)c1. The van der Waals surface area contributed by atoms with Crippen molar-refractivity contribution in [3.8, 4) is 22.1 Å². The summed E-state index contributed by atoms with van der Waals surface area (Å²) in [6.07, 6.45) is -2.86. The molecule has 0 saturated carbocycles. The van der Waals surface area contributed by atoms with E-state index in [9.17, 15) is 18.0 Å². The molecule has 1 fully saturated rings. The quantitative estimate of drug-likeness (QED) is 0.322. The zero-order valence-corrected chi connectivity index (χ0v) is 22.0. The highest BCUT2D eigenvalue weighted by atomic mass is 32.1. The van der Waals surface area contributed by atoms with Gasteiger partial charge in [0.15, 0.2) is 5.69 Å². The summed E-state index contributed by atoms with van der Waals surface area (Å²) in [5, 5.41) is 11.3. The van der Waals surface area contributed by atoms with Crippen LogP contribution in [0.15, 0.2) is 42.5 Å². The number of alkyl halides is 3. The molecular weight excluding hydrogens is 515 g/mol. The Bertz CT molecular complexity index is 1470. The minimum atomic E-state index is -4.55. The summed E-state index contributed by atoms with van der Waals surface area (Å²) in [6, 6.07) is 10.8. The third-order valence-electron chi connectivity index (χ3n) is 6.55. The van der Waals surface area contributed by atoms with E-state index < -0.39 is 17.6 Å². The van der Waals surface area contributed by atoms with Crippen molar-refractivity contribution in [1.82, 2.24) is 25.4 Å². The van der Waals surface area contributed by atoms with Crippen LogP contribution in [0, 0.1) is 0 Å². The topological polar surface area (TPSA) is 81.1 Å². The Labute approximate surface area is 222 Å². The van der Waals surface area contributed by atoms with Gasteiger partial charge in [0.05, 0.1) is 23.9 Å². The number of amides is 1. The van der Waals surface area contributed by atoms with Gasteiger partial charge >= 0.3 is 6.18 Å². The number of carbonyl (C=O) groups is 1. The van der Waals surface area contributed by atoms with E-state index in [2.05, 4.69) is 29.6 Å². The molecule has 200 valence electrons. The lowest BCUT2D eigenvalue weighted by Gasteiger charge is -2.23. The van der Waals surface area contributed by atoms with E-state index in [1.165, 1.54) is 22.1 Å². The van der Waals surface area contributed by atoms with E-state index >= 15 is 0 Å². The van der Waals surface area contributed by atoms with Gasteiger partial charge in [-0.15, -0.1) is 0 Å². The standard InChI is InChI=1S/C27H28F3N5O2S/c1-15(2)24-22(16-6-4-8-19(12-16)37-3)33-26(38-24)35-21-10-9-17(27(28,29)30)13-20(21)23(34-35)25(36)32-18-7-5-11-31-14-18/h4,6,8-10,12-13,15,18,31H,5,7,11,14H2,1-3H3,(H,32,36). The lowest BCUT2D eigenvalue weighted by atomic mass is 10.1. The summed E-state index contributed by atoms with van der Waals surface area (Å²) in [4.78, 5) is 19.1. The summed E-state index contributed by atoms with van der Waals surface area (Å²) < 4.78 is 47.6. The molecule has 2 N–H and O–H groups in total. The van der Waals surface area contributed by atoms with Crippen LogP contribution in [0.1, 0.15) is 53.5 Å². The van der Waals surface area contributed by atoms with Gasteiger partial charge in [0.25, 0.3) is 5.91 Å². The number of thiazole rings is 1. The third kappa shape index (κ3) is 5.12. The van der Waals surface area contributed by atoms with Crippen molar-refractivity contribution in [1.29, 1.82) is 0 Å². The van der Waals surface area contributed by atoms with Crippen LogP contribution in [0.4, 0.5) is 13.2 Å². The van der Waals surface area contributed by atoms with E-state index in [1.807, 2.05) is 24.3 Å². The van der Waals surface area contributed by atoms with Crippen LogP contribution < -0.4 is 15.4 Å². The maximum absolute atomic E-state index is 13.6. The summed E-state index contributed by atoms with van der Waals surface area (Å²) in [5.74, 6) is 0.310. The number of piperidine rings is 1. The second-order valence-electron chi connectivity index (χ2n) is 9.60. The van der Waals surface area contributed by atoms with Crippen LogP contribution in [-0.4, -0.2) is 46.9 Å². The van der Waals surface area contributed by atoms with Crippen molar-refractivity contribution < 1.29 is 22.7 Å². The highest BCUT2D eigenvalue weighted by molar-refractivity contribution is 7.14. The van der Waals surface area contributed by atoms with Gasteiger partial charge in [-0.2, -0.15) is 18.3 Å². The second kappa shape index (κ2) is 10.4. The first kappa shape index (κ1) is 26.2. The zero-order valence-electron chi connectivity index (χ0n) is 21.2. The van der Waals surface area contributed by atoms with Crippen molar-refractivity contribution in [2.24, 2.45) is 0 Å². The van der Waals surface area contributed by atoms with Crippen LogP contribution >= 0.6 is 11.3 Å². The zero-order chi connectivity index (χ0) is 27.0. The van der Waals surface area contributed by atoms with E-state index in [0.29, 0.717) is 22.9 Å². The van der Waals surface area contributed by atoms with Crippen molar-refractivity contribution in [3.63, 3.8) is 0 Å². The molecule has 2 aromatic carbocycles. The molecule has 0 radical (unpaired) electrons. The Morgan fingerprint density at radius 1 is 1.24 bits per heavy atom. The highest BCUT2D eigenvalue weighted by Gasteiger charge is 2.32. The molecule has 0 aliphatic carbocycles. The van der Waals surface area contributed by atoms with Crippen LogP contribution in [0.2, 0.25) is 0 Å². The fourth-order valence-electron chi connectivity index (χ4n) is 4.62. The largest absolute Gasteiger partial charge is 0.497 e. The second-order valence-corrected chi connectivity index (χ2v) is 10.6. The van der Waals surface area contributed by atoms with Crippen molar-refractivity contribution in [2.75, 3.05) is 20.2 Å². The van der Waals surface area contributed by atoms with Crippen LogP contribution in [-0.2, 0) is 6.18 Å².